The second kappa shape index (κ2) is 6.20. The quantitative estimate of drug-likeness (QED) is 0.740. The zero-order chi connectivity index (χ0) is 16.5. The monoisotopic (exact) mass is 300 g/mol. The Bertz CT molecular complexity index is 540. The first-order valence-electron chi connectivity index (χ1n) is 8.59. The molecular formula is C21H32O. The molecular weight excluding hydrogens is 268 g/mol. The molecule has 0 saturated heterocycles. The molecule has 0 radical (unpaired) electrons. The van der Waals surface area contributed by atoms with Gasteiger partial charge in [0.2, 0.25) is 0 Å². The standard InChI is InChI=1S/C21H32O/c1-15-8-7-13-21(5,6)19(15)18(22)14-16-9-11-17(12-10-16)20(2,3)4/h9-12,18,22H,7-8,13-14H2,1-6H3. The summed E-state index contributed by atoms with van der Waals surface area (Å²) in [6, 6.07) is 8.76. The van der Waals surface area contributed by atoms with Gasteiger partial charge in [-0.1, -0.05) is 64.5 Å². The highest BCUT2D eigenvalue weighted by atomic mass is 16.3. The highest BCUT2D eigenvalue weighted by Gasteiger charge is 2.32. The Morgan fingerprint density at radius 3 is 2.23 bits per heavy atom. The molecule has 1 aliphatic carbocycles. The lowest BCUT2D eigenvalue weighted by molar-refractivity contribution is 0.168. The first-order valence-corrected chi connectivity index (χ1v) is 8.59. The molecule has 0 amide bonds. The summed E-state index contributed by atoms with van der Waals surface area (Å²) in [5, 5.41) is 10.8. The third-order valence-corrected chi connectivity index (χ3v) is 5.12. The lowest BCUT2D eigenvalue weighted by Crippen LogP contribution is -2.30. The van der Waals surface area contributed by atoms with Gasteiger partial charge in [-0.05, 0) is 53.7 Å². The number of allylic oxidation sites excluding steroid dienone is 1. The summed E-state index contributed by atoms with van der Waals surface area (Å²) < 4.78 is 0. The molecule has 1 heteroatoms. The van der Waals surface area contributed by atoms with Crippen molar-refractivity contribution in [2.45, 2.75) is 78.7 Å². The van der Waals surface area contributed by atoms with E-state index in [4.69, 9.17) is 0 Å². The lowest BCUT2D eigenvalue weighted by atomic mass is 9.70. The van der Waals surface area contributed by atoms with Crippen LogP contribution in [0.1, 0.15) is 71.9 Å². The summed E-state index contributed by atoms with van der Waals surface area (Å²) in [6.45, 7) is 13.4. The minimum absolute atomic E-state index is 0.132. The van der Waals surface area contributed by atoms with Crippen molar-refractivity contribution in [1.29, 1.82) is 0 Å². The molecule has 1 aliphatic rings. The van der Waals surface area contributed by atoms with Gasteiger partial charge in [-0.25, -0.2) is 0 Å². The molecule has 1 nitrogen and oxygen atoms in total. The van der Waals surface area contributed by atoms with E-state index >= 15 is 0 Å². The summed E-state index contributed by atoms with van der Waals surface area (Å²) in [5.41, 5.74) is 5.56. The molecule has 0 spiro atoms. The zero-order valence-electron chi connectivity index (χ0n) is 15.2. The van der Waals surface area contributed by atoms with Crippen LogP contribution in [0.15, 0.2) is 35.4 Å². The van der Waals surface area contributed by atoms with Crippen molar-refractivity contribution >= 4 is 0 Å². The Morgan fingerprint density at radius 1 is 1.14 bits per heavy atom. The SMILES string of the molecule is CC1=C(C(O)Cc2ccc(C(C)(C)C)cc2)C(C)(C)CCC1. The van der Waals surface area contributed by atoms with Gasteiger partial charge in [0.25, 0.3) is 0 Å². The van der Waals surface area contributed by atoms with Crippen LogP contribution in [0.25, 0.3) is 0 Å². The van der Waals surface area contributed by atoms with E-state index in [-0.39, 0.29) is 16.9 Å². The maximum Gasteiger partial charge on any atom is 0.0798 e. The maximum absolute atomic E-state index is 10.8. The highest BCUT2D eigenvalue weighted by Crippen LogP contribution is 2.42. The summed E-state index contributed by atoms with van der Waals surface area (Å²) in [7, 11) is 0. The van der Waals surface area contributed by atoms with Crippen LogP contribution in [0.3, 0.4) is 0 Å². The van der Waals surface area contributed by atoms with Crippen molar-refractivity contribution in [3.63, 3.8) is 0 Å². The second-order valence-corrected chi connectivity index (χ2v) is 8.60. The lowest BCUT2D eigenvalue weighted by Gasteiger charge is -2.37. The van der Waals surface area contributed by atoms with E-state index in [1.807, 2.05) is 0 Å². The number of aliphatic hydroxyl groups is 1. The minimum Gasteiger partial charge on any atom is -0.388 e. The third kappa shape index (κ3) is 3.81. The van der Waals surface area contributed by atoms with E-state index in [1.54, 1.807) is 0 Å². The average Bonchev–Trinajstić information content (AvgIpc) is 2.36. The fourth-order valence-corrected chi connectivity index (χ4v) is 3.84. The average molecular weight is 300 g/mol. The zero-order valence-corrected chi connectivity index (χ0v) is 15.2. The van der Waals surface area contributed by atoms with Gasteiger partial charge < -0.3 is 5.11 Å². The van der Waals surface area contributed by atoms with Crippen molar-refractivity contribution in [2.75, 3.05) is 0 Å². The van der Waals surface area contributed by atoms with Gasteiger partial charge in [0.1, 0.15) is 0 Å². The van der Waals surface area contributed by atoms with Gasteiger partial charge in [-0.2, -0.15) is 0 Å². The fourth-order valence-electron chi connectivity index (χ4n) is 3.84. The number of hydrogen-bond donors (Lipinski definition) is 1. The van der Waals surface area contributed by atoms with E-state index < -0.39 is 0 Å². The highest BCUT2D eigenvalue weighted by molar-refractivity contribution is 5.31. The molecule has 0 aliphatic heterocycles. The van der Waals surface area contributed by atoms with Crippen LogP contribution < -0.4 is 0 Å². The summed E-state index contributed by atoms with van der Waals surface area (Å²) in [6.07, 6.45) is 3.93. The smallest absolute Gasteiger partial charge is 0.0798 e. The second-order valence-electron chi connectivity index (χ2n) is 8.60. The van der Waals surface area contributed by atoms with Gasteiger partial charge >= 0.3 is 0 Å². The molecule has 0 fully saturated rings. The van der Waals surface area contributed by atoms with Gasteiger partial charge in [0.15, 0.2) is 0 Å². The molecule has 1 N–H and O–H groups in total. The van der Waals surface area contributed by atoms with Crippen LogP contribution in [0.5, 0.6) is 0 Å². The van der Waals surface area contributed by atoms with E-state index in [2.05, 4.69) is 65.8 Å². The summed E-state index contributed by atoms with van der Waals surface area (Å²) in [4.78, 5) is 0. The van der Waals surface area contributed by atoms with Gasteiger partial charge in [0, 0.05) is 6.42 Å². The van der Waals surface area contributed by atoms with Gasteiger partial charge in [0.05, 0.1) is 6.10 Å². The molecule has 0 heterocycles. The molecule has 0 bridgehead atoms. The van der Waals surface area contributed by atoms with Gasteiger partial charge in [-0.3, -0.25) is 0 Å². The minimum atomic E-state index is -0.351. The Morgan fingerprint density at radius 2 is 1.73 bits per heavy atom. The first-order chi connectivity index (χ1) is 10.1. The first kappa shape index (κ1) is 17.3. The topological polar surface area (TPSA) is 20.2 Å². The normalized spacial score (nSPS) is 20.1. The number of benzene rings is 1. The van der Waals surface area contributed by atoms with Crippen LogP contribution >= 0.6 is 0 Å². The molecule has 0 saturated carbocycles. The van der Waals surface area contributed by atoms with Crippen LogP contribution in [-0.4, -0.2) is 11.2 Å². The number of aliphatic hydroxyl groups excluding tert-OH is 1. The molecule has 122 valence electrons. The third-order valence-electron chi connectivity index (χ3n) is 5.12. The Kier molecular flexibility index (Phi) is 4.87. The van der Waals surface area contributed by atoms with Crippen LogP contribution in [0.4, 0.5) is 0 Å². The fraction of sp³-hybridized carbons (Fsp3) is 0.619. The predicted octanol–water partition coefficient (Wildman–Crippen LogP) is 5.41. The van der Waals surface area contributed by atoms with E-state index in [1.165, 1.54) is 35.1 Å². The van der Waals surface area contributed by atoms with Crippen molar-refractivity contribution in [2.24, 2.45) is 5.41 Å². The van der Waals surface area contributed by atoms with Crippen LogP contribution in [0, 0.1) is 5.41 Å². The Balaban J connectivity index is 2.17. The molecule has 1 aromatic carbocycles. The largest absolute Gasteiger partial charge is 0.388 e. The Labute approximate surface area is 136 Å². The van der Waals surface area contributed by atoms with E-state index in [0.717, 1.165) is 12.8 Å². The number of hydrogen-bond acceptors (Lipinski definition) is 1. The van der Waals surface area contributed by atoms with Crippen LogP contribution in [0.2, 0.25) is 0 Å². The van der Waals surface area contributed by atoms with E-state index in [0.29, 0.717) is 0 Å². The molecule has 1 aromatic rings. The van der Waals surface area contributed by atoms with E-state index in [9.17, 15) is 5.11 Å². The van der Waals surface area contributed by atoms with Crippen LogP contribution in [-0.2, 0) is 11.8 Å². The summed E-state index contributed by atoms with van der Waals surface area (Å²) >= 11 is 0. The maximum atomic E-state index is 10.8. The van der Waals surface area contributed by atoms with Gasteiger partial charge in [-0.15, -0.1) is 0 Å². The summed E-state index contributed by atoms with van der Waals surface area (Å²) in [5.74, 6) is 0. The predicted molar refractivity (Wildman–Crippen MR) is 95.2 cm³/mol. The molecule has 1 unspecified atom stereocenters. The van der Waals surface area contributed by atoms with Crippen molar-refractivity contribution < 1.29 is 5.11 Å². The number of rotatable bonds is 3. The molecule has 1 atom stereocenters. The molecule has 22 heavy (non-hydrogen) atoms. The van der Waals surface area contributed by atoms with Crippen molar-refractivity contribution in [3.05, 3.63) is 46.5 Å². The molecule has 0 aromatic heterocycles. The molecule has 2 rings (SSSR count). The van der Waals surface area contributed by atoms with Crippen molar-refractivity contribution in [1.82, 2.24) is 0 Å². The van der Waals surface area contributed by atoms with Crippen molar-refractivity contribution in [3.8, 4) is 0 Å². The Hall–Kier alpha value is -1.08.